The fourth-order valence-corrected chi connectivity index (χ4v) is 3.30. The lowest BCUT2D eigenvalue weighted by molar-refractivity contribution is -0.384. The van der Waals surface area contributed by atoms with Gasteiger partial charge in [0.2, 0.25) is 0 Å². The Morgan fingerprint density at radius 2 is 1.43 bits per heavy atom. The molecule has 1 aliphatic heterocycles. The number of ether oxygens (including phenoxy) is 1. The van der Waals surface area contributed by atoms with Gasteiger partial charge in [-0.05, 0) is 57.8 Å². The molecule has 1 unspecified atom stereocenters. The van der Waals surface area contributed by atoms with Crippen molar-refractivity contribution in [3.8, 4) is 0 Å². The van der Waals surface area contributed by atoms with Crippen LogP contribution in [0.2, 0.25) is 0 Å². The van der Waals surface area contributed by atoms with Gasteiger partial charge in [-0.2, -0.15) is 0 Å². The molecule has 9 heteroatoms. The van der Waals surface area contributed by atoms with Crippen molar-refractivity contribution in [2.75, 3.05) is 0 Å². The van der Waals surface area contributed by atoms with E-state index < -0.39 is 35.0 Å². The molecule has 1 heterocycles. The second-order valence-electron chi connectivity index (χ2n) is 8.42. The summed E-state index contributed by atoms with van der Waals surface area (Å²) in [5, 5.41) is 20.2. The molecule has 1 aliphatic rings. The van der Waals surface area contributed by atoms with Crippen molar-refractivity contribution in [3.63, 3.8) is 0 Å². The fraction of sp³-hybridized carbons (Fsp3) is 0.381. The van der Waals surface area contributed by atoms with Crippen LogP contribution in [0.4, 0.5) is 10.5 Å². The van der Waals surface area contributed by atoms with Crippen LogP contribution >= 0.6 is 0 Å². The number of nitrogens with zero attached hydrogens (tertiary/aromatic N) is 1. The van der Waals surface area contributed by atoms with E-state index in [1.165, 1.54) is 24.3 Å². The number of rotatable bonds is 5. The quantitative estimate of drug-likeness (QED) is 0.343. The van der Waals surface area contributed by atoms with Crippen LogP contribution < -0.4 is 5.46 Å². The molecule has 1 saturated heterocycles. The van der Waals surface area contributed by atoms with E-state index in [1.54, 1.807) is 31.2 Å². The number of carbonyl (C=O) groups is 1. The lowest BCUT2D eigenvalue weighted by Crippen LogP contribution is -2.41. The summed E-state index contributed by atoms with van der Waals surface area (Å²) in [6, 6.07) is 12.7. The number of nitro benzene ring substituents is 1. The third-order valence-electron chi connectivity index (χ3n) is 5.91. The topological polar surface area (TPSA) is 108 Å². The molecule has 3 rings (SSSR count). The third-order valence-corrected chi connectivity index (χ3v) is 5.91. The standard InChI is InChI=1S/C21H24BNO7/c1-19(2)20(3,4)30-22(29-19)16-10-6-14(7-11-16)21(5,28-18(24)25)15-8-12-17(13-9-15)23(26)27/h6-13H,1-5H3,(H,24,25). The molecule has 30 heavy (non-hydrogen) atoms. The maximum atomic E-state index is 11.4. The summed E-state index contributed by atoms with van der Waals surface area (Å²) in [4.78, 5) is 21.8. The molecule has 1 atom stereocenters. The highest BCUT2D eigenvalue weighted by Gasteiger charge is 2.51. The lowest BCUT2D eigenvalue weighted by Gasteiger charge is -2.32. The van der Waals surface area contributed by atoms with Crippen LogP contribution in [0, 0.1) is 10.1 Å². The molecule has 158 valence electrons. The maximum absolute atomic E-state index is 11.4. The number of carboxylic acid groups (broad SMARTS) is 1. The summed E-state index contributed by atoms with van der Waals surface area (Å²) < 4.78 is 17.3. The van der Waals surface area contributed by atoms with E-state index in [-0.39, 0.29) is 5.69 Å². The largest absolute Gasteiger partial charge is 0.507 e. The van der Waals surface area contributed by atoms with Crippen molar-refractivity contribution in [1.82, 2.24) is 0 Å². The van der Waals surface area contributed by atoms with E-state index in [0.717, 1.165) is 5.46 Å². The van der Waals surface area contributed by atoms with Crippen LogP contribution in [-0.4, -0.2) is 34.5 Å². The van der Waals surface area contributed by atoms with Crippen molar-refractivity contribution in [2.24, 2.45) is 0 Å². The lowest BCUT2D eigenvalue weighted by atomic mass is 9.77. The maximum Gasteiger partial charge on any atom is 0.507 e. The molecule has 0 aliphatic carbocycles. The Bertz CT molecular complexity index is 940. The summed E-state index contributed by atoms with van der Waals surface area (Å²) in [7, 11) is -0.546. The minimum Gasteiger partial charge on any atom is -0.450 e. The van der Waals surface area contributed by atoms with Crippen molar-refractivity contribution < 1.29 is 28.9 Å². The molecule has 2 aromatic carbocycles. The van der Waals surface area contributed by atoms with Crippen LogP contribution in [0.1, 0.15) is 45.7 Å². The van der Waals surface area contributed by atoms with E-state index >= 15 is 0 Å². The van der Waals surface area contributed by atoms with E-state index in [9.17, 15) is 20.0 Å². The highest BCUT2D eigenvalue weighted by Crippen LogP contribution is 2.37. The number of nitro groups is 1. The van der Waals surface area contributed by atoms with Gasteiger partial charge in [-0.3, -0.25) is 10.1 Å². The highest BCUT2D eigenvalue weighted by molar-refractivity contribution is 6.62. The Kier molecular flexibility index (Phi) is 5.38. The summed E-state index contributed by atoms with van der Waals surface area (Å²) in [6.45, 7) is 9.47. The molecule has 1 N–H and O–H groups in total. The van der Waals surface area contributed by atoms with Gasteiger partial charge in [-0.25, -0.2) is 4.79 Å². The predicted molar refractivity (Wildman–Crippen MR) is 111 cm³/mol. The van der Waals surface area contributed by atoms with Gasteiger partial charge in [0, 0.05) is 17.7 Å². The SMILES string of the molecule is CC(OC(=O)O)(c1ccc(B2OC(C)(C)C(C)(C)O2)cc1)c1ccc([N+](=O)[O-])cc1. The average molecular weight is 413 g/mol. The number of hydrogen-bond acceptors (Lipinski definition) is 6. The third kappa shape index (κ3) is 3.90. The van der Waals surface area contributed by atoms with Crippen LogP contribution in [0.5, 0.6) is 0 Å². The Morgan fingerprint density at radius 3 is 1.83 bits per heavy atom. The minimum atomic E-state index is -1.45. The molecule has 0 bridgehead atoms. The van der Waals surface area contributed by atoms with Crippen molar-refractivity contribution in [2.45, 2.75) is 51.4 Å². The Balaban J connectivity index is 1.94. The molecule has 0 radical (unpaired) electrons. The Hall–Kier alpha value is -2.91. The molecular weight excluding hydrogens is 389 g/mol. The molecular formula is C21H24BNO7. The first-order valence-corrected chi connectivity index (χ1v) is 9.49. The van der Waals surface area contributed by atoms with E-state index in [1.807, 2.05) is 27.7 Å². The summed E-state index contributed by atoms with van der Waals surface area (Å²) in [5.74, 6) is 0. The van der Waals surface area contributed by atoms with Crippen molar-refractivity contribution >= 4 is 24.4 Å². The number of non-ortho nitro benzene ring substituents is 1. The predicted octanol–water partition coefficient (Wildman–Crippen LogP) is 3.85. The van der Waals surface area contributed by atoms with E-state index in [4.69, 9.17) is 14.0 Å². The Labute approximate surface area is 175 Å². The highest BCUT2D eigenvalue weighted by atomic mass is 16.7. The van der Waals surface area contributed by atoms with Gasteiger partial charge in [0.15, 0.2) is 5.60 Å². The monoisotopic (exact) mass is 413 g/mol. The van der Waals surface area contributed by atoms with Gasteiger partial charge >= 0.3 is 13.3 Å². The first-order chi connectivity index (χ1) is 13.9. The van der Waals surface area contributed by atoms with Gasteiger partial charge < -0.3 is 19.2 Å². The van der Waals surface area contributed by atoms with E-state index in [2.05, 4.69) is 0 Å². The molecule has 8 nitrogen and oxygen atoms in total. The summed E-state index contributed by atoms with van der Waals surface area (Å²) in [6.07, 6.45) is -1.45. The zero-order valence-corrected chi connectivity index (χ0v) is 17.5. The zero-order chi connectivity index (χ0) is 22.3. The summed E-state index contributed by atoms with van der Waals surface area (Å²) >= 11 is 0. The van der Waals surface area contributed by atoms with Crippen molar-refractivity contribution in [3.05, 3.63) is 69.8 Å². The first-order valence-electron chi connectivity index (χ1n) is 9.49. The van der Waals surface area contributed by atoms with Crippen LogP contribution in [0.25, 0.3) is 0 Å². The molecule has 0 aromatic heterocycles. The summed E-state index contributed by atoms with van der Waals surface area (Å²) in [5.41, 5.74) is -0.564. The van der Waals surface area contributed by atoms with Crippen LogP contribution in [0.15, 0.2) is 48.5 Å². The fourth-order valence-electron chi connectivity index (χ4n) is 3.30. The Morgan fingerprint density at radius 1 is 1.00 bits per heavy atom. The molecule has 0 saturated carbocycles. The van der Waals surface area contributed by atoms with Gasteiger partial charge in [0.05, 0.1) is 16.1 Å². The molecule has 2 aromatic rings. The zero-order valence-electron chi connectivity index (χ0n) is 17.5. The normalized spacial score (nSPS) is 19.2. The number of benzene rings is 2. The second-order valence-corrected chi connectivity index (χ2v) is 8.42. The molecule has 0 amide bonds. The first kappa shape index (κ1) is 21.8. The molecule has 1 fully saturated rings. The molecule has 0 spiro atoms. The van der Waals surface area contributed by atoms with Crippen LogP contribution in [-0.2, 0) is 19.6 Å². The van der Waals surface area contributed by atoms with Gasteiger partial charge in [0.25, 0.3) is 5.69 Å². The average Bonchev–Trinajstić information content (AvgIpc) is 2.88. The van der Waals surface area contributed by atoms with Crippen LogP contribution in [0.3, 0.4) is 0 Å². The second kappa shape index (κ2) is 7.41. The van der Waals surface area contributed by atoms with Gasteiger partial charge in [-0.15, -0.1) is 0 Å². The number of hydrogen-bond donors (Lipinski definition) is 1. The van der Waals surface area contributed by atoms with Crippen molar-refractivity contribution in [1.29, 1.82) is 0 Å². The van der Waals surface area contributed by atoms with Gasteiger partial charge in [0.1, 0.15) is 0 Å². The van der Waals surface area contributed by atoms with E-state index in [0.29, 0.717) is 11.1 Å². The minimum absolute atomic E-state index is 0.0902. The van der Waals surface area contributed by atoms with Gasteiger partial charge in [-0.1, -0.05) is 24.3 Å². The smallest absolute Gasteiger partial charge is 0.450 e.